The van der Waals surface area contributed by atoms with Crippen molar-refractivity contribution in [1.29, 1.82) is 0 Å². The zero-order valence-electron chi connectivity index (χ0n) is 21.9. The van der Waals surface area contributed by atoms with Crippen molar-refractivity contribution in [2.24, 2.45) is 11.8 Å². The van der Waals surface area contributed by atoms with E-state index in [-0.39, 0.29) is 29.8 Å². The Hall–Kier alpha value is -3.20. The summed E-state index contributed by atoms with van der Waals surface area (Å²) in [5, 5.41) is 23.2. The van der Waals surface area contributed by atoms with E-state index >= 15 is 0 Å². The highest BCUT2D eigenvalue weighted by Gasteiger charge is 2.47. The second-order valence-electron chi connectivity index (χ2n) is 11.4. The highest BCUT2D eigenvalue weighted by Crippen LogP contribution is 2.56. The topological polar surface area (TPSA) is 40.5 Å². The molecule has 0 bridgehead atoms. The van der Waals surface area contributed by atoms with Crippen LogP contribution in [0.2, 0.25) is 0 Å². The number of hydrogen-bond acceptors (Lipinski definition) is 2. The normalized spacial score (nSPS) is 31.5. The number of hydrogen-bond donors (Lipinski definition) is 2. The summed E-state index contributed by atoms with van der Waals surface area (Å²) >= 11 is 0. The van der Waals surface area contributed by atoms with Crippen molar-refractivity contribution in [1.82, 2.24) is 0 Å². The Balaban J connectivity index is 1.42. The third-order valence-electron chi connectivity index (χ3n) is 9.43. The fourth-order valence-electron chi connectivity index (χ4n) is 7.72. The summed E-state index contributed by atoms with van der Waals surface area (Å²) in [6, 6.07) is 42.8. The lowest BCUT2D eigenvalue weighted by atomic mass is 9.56. The Kier molecular flexibility index (Phi) is 7.44. The lowest BCUT2D eigenvalue weighted by Gasteiger charge is -2.49. The molecular weight excluding hydrogens is 464 g/mol. The Labute approximate surface area is 227 Å². The maximum atomic E-state index is 11.8. The molecule has 0 spiro atoms. The summed E-state index contributed by atoms with van der Waals surface area (Å²) in [7, 11) is 0. The first kappa shape index (κ1) is 25.1. The van der Waals surface area contributed by atoms with E-state index in [1.807, 2.05) is 0 Å². The second kappa shape index (κ2) is 11.3. The van der Waals surface area contributed by atoms with Crippen molar-refractivity contribution in [2.45, 2.75) is 61.6 Å². The number of aliphatic hydroxyl groups excluding tert-OH is 2. The second-order valence-corrected chi connectivity index (χ2v) is 11.4. The monoisotopic (exact) mass is 502 g/mol. The van der Waals surface area contributed by atoms with Crippen LogP contribution in [-0.2, 0) is 0 Å². The van der Waals surface area contributed by atoms with Crippen LogP contribution in [-0.4, -0.2) is 22.4 Å². The first-order valence-corrected chi connectivity index (χ1v) is 14.3. The lowest BCUT2D eigenvalue weighted by Crippen LogP contribution is -2.43. The number of benzene rings is 4. The molecule has 4 aromatic carbocycles. The molecule has 2 N–H and O–H groups in total. The van der Waals surface area contributed by atoms with E-state index in [1.165, 1.54) is 22.3 Å². The molecule has 0 aliphatic heterocycles. The van der Waals surface area contributed by atoms with E-state index < -0.39 is 6.10 Å². The van der Waals surface area contributed by atoms with Gasteiger partial charge in [-0.05, 0) is 65.7 Å². The van der Waals surface area contributed by atoms with Gasteiger partial charge in [-0.15, -0.1) is 0 Å². The van der Waals surface area contributed by atoms with Gasteiger partial charge in [0.05, 0.1) is 12.2 Å². The quantitative estimate of drug-likeness (QED) is 0.294. The first-order chi connectivity index (χ1) is 18.7. The van der Waals surface area contributed by atoms with Gasteiger partial charge in [0.1, 0.15) is 0 Å². The maximum absolute atomic E-state index is 11.8. The lowest BCUT2D eigenvalue weighted by molar-refractivity contribution is 0.00711. The predicted octanol–water partition coefficient (Wildman–Crippen LogP) is 7.66. The fourth-order valence-corrected chi connectivity index (χ4v) is 7.72. The van der Waals surface area contributed by atoms with Crippen LogP contribution in [0, 0.1) is 11.8 Å². The molecule has 38 heavy (non-hydrogen) atoms. The van der Waals surface area contributed by atoms with Crippen LogP contribution in [0.15, 0.2) is 121 Å². The van der Waals surface area contributed by atoms with E-state index in [0.29, 0.717) is 11.8 Å². The number of rotatable bonds is 5. The van der Waals surface area contributed by atoms with Crippen LogP contribution in [0.4, 0.5) is 0 Å². The standard InChI is InChI=1S/C36H38O2/c37-33-22-21-30(34(27-17-9-3-10-18-27)35(33)28-19-11-4-12-20-28)29-23-31(25-13-5-1-6-14-25)36(38)32(24-29)26-15-7-2-8-16-26/h1-20,29-38H,21-24H2. The Morgan fingerprint density at radius 3 is 1.29 bits per heavy atom. The van der Waals surface area contributed by atoms with Crippen LogP contribution < -0.4 is 0 Å². The summed E-state index contributed by atoms with van der Waals surface area (Å²) in [4.78, 5) is 0. The first-order valence-electron chi connectivity index (χ1n) is 14.3. The number of aliphatic hydroxyl groups is 2. The molecule has 2 nitrogen and oxygen atoms in total. The van der Waals surface area contributed by atoms with Crippen LogP contribution >= 0.6 is 0 Å². The molecule has 4 aromatic rings. The van der Waals surface area contributed by atoms with Gasteiger partial charge in [-0.2, -0.15) is 0 Å². The zero-order valence-corrected chi connectivity index (χ0v) is 21.9. The van der Waals surface area contributed by atoms with E-state index in [0.717, 1.165) is 25.7 Å². The van der Waals surface area contributed by atoms with Gasteiger partial charge in [0, 0.05) is 17.8 Å². The molecule has 0 amide bonds. The molecule has 2 heteroatoms. The molecule has 2 aliphatic rings. The minimum absolute atomic E-state index is 0.0644. The van der Waals surface area contributed by atoms with Crippen molar-refractivity contribution in [3.63, 3.8) is 0 Å². The molecule has 6 atom stereocenters. The molecule has 194 valence electrons. The highest BCUT2D eigenvalue weighted by molar-refractivity contribution is 5.33. The van der Waals surface area contributed by atoms with Crippen molar-refractivity contribution in [3.05, 3.63) is 144 Å². The van der Waals surface area contributed by atoms with Gasteiger partial charge in [0.25, 0.3) is 0 Å². The van der Waals surface area contributed by atoms with Gasteiger partial charge in [0.2, 0.25) is 0 Å². The highest BCUT2D eigenvalue weighted by atomic mass is 16.3. The Bertz CT molecular complexity index is 1220. The summed E-state index contributed by atoms with van der Waals surface area (Å²) in [6.45, 7) is 0. The maximum Gasteiger partial charge on any atom is 0.0677 e. The SMILES string of the molecule is OC1CCC(C2CC(c3ccccc3)C(O)C(c3ccccc3)C2)C(c2ccccc2)C1c1ccccc1. The molecule has 6 rings (SSSR count). The van der Waals surface area contributed by atoms with Crippen molar-refractivity contribution < 1.29 is 10.2 Å². The minimum Gasteiger partial charge on any atom is -0.392 e. The third kappa shape index (κ3) is 4.96. The molecule has 2 saturated carbocycles. The van der Waals surface area contributed by atoms with Gasteiger partial charge >= 0.3 is 0 Å². The molecule has 0 radical (unpaired) electrons. The fraction of sp³-hybridized carbons (Fsp3) is 0.333. The molecule has 2 aliphatic carbocycles. The van der Waals surface area contributed by atoms with E-state index in [1.54, 1.807) is 0 Å². The smallest absolute Gasteiger partial charge is 0.0677 e. The van der Waals surface area contributed by atoms with Crippen LogP contribution in [0.25, 0.3) is 0 Å². The molecular formula is C36H38O2. The summed E-state index contributed by atoms with van der Waals surface area (Å²) in [6.07, 6.45) is 3.00. The third-order valence-corrected chi connectivity index (χ3v) is 9.43. The molecule has 2 fully saturated rings. The Morgan fingerprint density at radius 2 is 0.842 bits per heavy atom. The van der Waals surface area contributed by atoms with E-state index in [4.69, 9.17) is 0 Å². The van der Waals surface area contributed by atoms with Crippen molar-refractivity contribution in [2.75, 3.05) is 0 Å². The summed E-state index contributed by atoms with van der Waals surface area (Å²) < 4.78 is 0. The van der Waals surface area contributed by atoms with Gasteiger partial charge < -0.3 is 10.2 Å². The van der Waals surface area contributed by atoms with Gasteiger partial charge in [0.15, 0.2) is 0 Å². The molecule has 6 unspecified atom stereocenters. The summed E-state index contributed by atoms with van der Waals surface area (Å²) in [5.41, 5.74) is 5.02. The van der Waals surface area contributed by atoms with E-state index in [2.05, 4.69) is 121 Å². The molecule has 0 aromatic heterocycles. The predicted molar refractivity (Wildman–Crippen MR) is 154 cm³/mol. The van der Waals surface area contributed by atoms with Gasteiger partial charge in [-0.3, -0.25) is 0 Å². The van der Waals surface area contributed by atoms with Crippen molar-refractivity contribution in [3.8, 4) is 0 Å². The van der Waals surface area contributed by atoms with Crippen molar-refractivity contribution >= 4 is 0 Å². The zero-order chi connectivity index (χ0) is 25.9. The van der Waals surface area contributed by atoms with Gasteiger partial charge in [-0.1, -0.05) is 121 Å². The minimum atomic E-state index is -0.412. The van der Waals surface area contributed by atoms with E-state index in [9.17, 15) is 10.2 Å². The Morgan fingerprint density at radius 1 is 0.447 bits per heavy atom. The average molecular weight is 503 g/mol. The average Bonchev–Trinajstić information content (AvgIpc) is 2.99. The summed E-state index contributed by atoms with van der Waals surface area (Å²) in [5.74, 6) is 1.36. The van der Waals surface area contributed by atoms with Crippen LogP contribution in [0.3, 0.4) is 0 Å². The van der Waals surface area contributed by atoms with Crippen LogP contribution in [0.1, 0.15) is 71.6 Å². The molecule has 0 heterocycles. The molecule has 0 saturated heterocycles. The van der Waals surface area contributed by atoms with Gasteiger partial charge in [-0.25, -0.2) is 0 Å². The largest absolute Gasteiger partial charge is 0.392 e. The van der Waals surface area contributed by atoms with Crippen LogP contribution in [0.5, 0.6) is 0 Å².